The second-order valence-electron chi connectivity index (χ2n) is 3.55. The normalized spacial score (nSPS) is 10.3. The predicted molar refractivity (Wildman–Crippen MR) is 58.9 cm³/mol. The summed E-state index contributed by atoms with van der Waals surface area (Å²) in [5.74, 6) is -0.420. The number of carbonyl (C=O) groups is 1. The van der Waals surface area contributed by atoms with Crippen molar-refractivity contribution in [3.8, 4) is 0 Å². The highest BCUT2D eigenvalue weighted by atomic mass is 16.1. The molecule has 82 valence electrons. The maximum absolute atomic E-state index is 11.2. The number of benzene rings is 1. The molecular formula is C11H12N4O. The number of aryl methyl sites for hydroxylation is 1. The van der Waals surface area contributed by atoms with Crippen LogP contribution in [0.1, 0.15) is 27.3 Å². The maximum atomic E-state index is 11.2. The summed E-state index contributed by atoms with van der Waals surface area (Å²) in [5.41, 5.74) is 8.36. The van der Waals surface area contributed by atoms with Crippen molar-refractivity contribution < 1.29 is 4.79 Å². The van der Waals surface area contributed by atoms with E-state index in [-0.39, 0.29) is 0 Å². The SMILES string of the molecule is Cc1n[nH]nc1Cc1ccccc1C(N)=O. The molecule has 0 aliphatic carbocycles. The summed E-state index contributed by atoms with van der Waals surface area (Å²) in [7, 11) is 0. The average molecular weight is 216 g/mol. The number of H-pyrrole nitrogens is 1. The van der Waals surface area contributed by atoms with Crippen molar-refractivity contribution in [3.05, 3.63) is 46.8 Å². The third kappa shape index (κ3) is 1.93. The summed E-state index contributed by atoms with van der Waals surface area (Å²) in [6, 6.07) is 7.25. The predicted octanol–water partition coefficient (Wildman–Crippen LogP) is 0.803. The number of aromatic amines is 1. The van der Waals surface area contributed by atoms with Crippen molar-refractivity contribution in [2.75, 3.05) is 0 Å². The standard InChI is InChI=1S/C11H12N4O/c1-7-10(14-15-13-7)6-8-4-2-3-5-9(8)11(12)16/h2-5H,6H2,1H3,(H2,12,16)(H,13,14,15). The molecule has 2 rings (SSSR count). The van der Waals surface area contributed by atoms with E-state index in [2.05, 4.69) is 15.4 Å². The van der Waals surface area contributed by atoms with Gasteiger partial charge in [-0.05, 0) is 18.6 Å². The first kappa shape index (κ1) is 10.4. The van der Waals surface area contributed by atoms with Crippen LogP contribution in [0, 0.1) is 6.92 Å². The van der Waals surface area contributed by atoms with Crippen LogP contribution in [-0.4, -0.2) is 21.3 Å². The van der Waals surface area contributed by atoms with E-state index in [1.165, 1.54) is 0 Å². The van der Waals surface area contributed by atoms with Crippen molar-refractivity contribution in [1.29, 1.82) is 0 Å². The Balaban J connectivity index is 2.35. The molecule has 5 nitrogen and oxygen atoms in total. The van der Waals surface area contributed by atoms with Gasteiger partial charge in [-0.2, -0.15) is 15.4 Å². The molecule has 1 aromatic heterocycles. The van der Waals surface area contributed by atoms with E-state index in [1.807, 2.05) is 19.1 Å². The zero-order valence-corrected chi connectivity index (χ0v) is 8.90. The molecule has 0 fully saturated rings. The molecule has 0 bridgehead atoms. The van der Waals surface area contributed by atoms with Crippen LogP contribution >= 0.6 is 0 Å². The quantitative estimate of drug-likeness (QED) is 0.795. The topological polar surface area (TPSA) is 84.7 Å². The number of aromatic nitrogens is 3. The average Bonchev–Trinajstić information content (AvgIpc) is 2.65. The van der Waals surface area contributed by atoms with E-state index in [1.54, 1.807) is 12.1 Å². The Morgan fingerprint density at radius 3 is 2.75 bits per heavy atom. The third-order valence-electron chi connectivity index (χ3n) is 2.46. The van der Waals surface area contributed by atoms with Gasteiger partial charge in [0, 0.05) is 12.0 Å². The molecule has 0 saturated heterocycles. The van der Waals surface area contributed by atoms with Gasteiger partial charge in [-0.3, -0.25) is 4.79 Å². The highest BCUT2D eigenvalue weighted by Crippen LogP contribution is 2.13. The lowest BCUT2D eigenvalue weighted by atomic mass is 10.0. The molecule has 0 atom stereocenters. The van der Waals surface area contributed by atoms with Gasteiger partial charge >= 0.3 is 0 Å². The first-order valence-corrected chi connectivity index (χ1v) is 4.92. The number of nitrogens with two attached hydrogens (primary N) is 1. The molecule has 5 heteroatoms. The Labute approximate surface area is 92.7 Å². The number of hydrogen-bond donors (Lipinski definition) is 2. The zero-order chi connectivity index (χ0) is 11.5. The minimum atomic E-state index is -0.420. The monoisotopic (exact) mass is 216 g/mol. The third-order valence-corrected chi connectivity index (χ3v) is 2.46. The molecule has 16 heavy (non-hydrogen) atoms. The van der Waals surface area contributed by atoms with Gasteiger partial charge in [0.15, 0.2) is 0 Å². The highest BCUT2D eigenvalue weighted by Gasteiger charge is 2.10. The lowest BCUT2D eigenvalue weighted by Crippen LogP contribution is -2.14. The number of nitrogens with one attached hydrogen (secondary N) is 1. The Hall–Kier alpha value is -2.17. The molecule has 0 radical (unpaired) electrons. The number of hydrogen-bond acceptors (Lipinski definition) is 3. The summed E-state index contributed by atoms with van der Waals surface area (Å²) < 4.78 is 0. The fourth-order valence-corrected chi connectivity index (χ4v) is 1.57. The van der Waals surface area contributed by atoms with Crippen LogP contribution < -0.4 is 5.73 Å². The van der Waals surface area contributed by atoms with Gasteiger partial charge in [-0.1, -0.05) is 18.2 Å². The second kappa shape index (κ2) is 4.14. The van der Waals surface area contributed by atoms with Crippen molar-refractivity contribution in [2.45, 2.75) is 13.3 Å². The molecular weight excluding hydrogens is 204 g/mol. The summed E-state index contributed by atoms with van der Waals surface area (Å²) >= 11 is 0. The number of carbonyl (C=O) groups excluding carboxylic acids is 1. The first-order chi connectivity index (χ1) is 7.68. The molecule has 1 aromatic carbocycles. The van der Waals surface area contributed by atoms with Crippen molar-refractivity contribution >= 4 is 5.91 Å². The fourth-order valence-electron chi connectivity index (χ4n) is 1.57. The van der Waals surface area contributed by atoms with Gasteiger partial charge in [0.2, 0.25) is 5.91 Å². The Morgan fingerprint density at radius 1 is 1.38 bits per heavy atom. The van der Waals surface area contributed by atoms with E-state index >= 15 is 0 Å². The summed E-state index contributed by atoms with van der Waals surface area (Å²) in [5, 5.41) is 10.5. The largest absolute Gasteiger partial charge is 0.366 e. The number of nitrogens with zero attached hydrogens (tertiary/aromatic N) is 2. The van der Waals surface area contributed by atoms with Crippen LogP contribution in [0.5, 0.6) is 0 Å². The van der Waals surface area contributed by atoms with Gasteiger partial charge in [-0.15, -0.1) is 0 Å². The van der Waals surface area contributed by atoms with E-state index in [4.69, 9.17) is 5.73 Å². The molecule has 3 N–H and O–H groups in total. The number of amides is 1. The van der Waals surface area contributed by atoms with E-state index in [0.717, 1.165) is 17.0 Å². The Bertz CT molecular complexity index is 518. The minimum Gasteiger partial charge on any atom is -0.366 e. The lowest BCUT2D eigenvalue weighted by Gasteiger charge is -2.04. The van der Waals surface area contributed by atoms with Gasteiger partial charge in [0.05, 0.1) is 11.4 Å². The first-order valence-electron chi connectivity index (χ1n) is 4.92. The Kier molecular flexibility index (Phi) is 2.68. The second-order valence-corrected chi connectivity index (χ2v) is 3.55. The molecule has 0 aliphatic heterocycles. The number of rotatable bonds is 3. The van der Waals surface area contributed by atoms with Crippen molar-refractivity contribution in [1.82, 2.24) is 15.4 Å². The molecule has 1 amide bonds. The van der Waals surface area contributed by atoms with Gasteiger partial charge in [0.25, 0.3) is 0 Å². The fraction of sp³-hybridized carbons (Fsp3) is 0.182. The van der Waals surface area contributed by atoms with Crippen LogP contribution in [0.3, 0.4) is 0 Å². The minimum absolute atomic E-state index is 0.420. The van der Waals surface area contributed by atoms with Crippen LogP contribution in [-0.2, 0) is 6.42 Å². The van der Waals surface area contributed by atoms with E-state index in [0.29, 0.717) is 12.0 Å². The van der Waals surface area contributed by atoms with Gasteiger partial charge in [-0.25, -0.2) is 0 Å². The molecule has 0 unspecified atom stereocenters. The molecule has 0 saturated carbocycles. The molecule has 0 spiro atoms. The smallest absolute Gasteiger partial charge is 0.248 e. The molecule has 0 aliphatic rings. The van der Waals surface area contributed by atoms with Crippen LogP contribution in [0.15, 0.2) is 24.3 Å². The molecule has 2 aromatic rings. The number of primary amides is 1. The zero-order valence-electron chi connectivity index (χ0n) is 8.90. The van der Waals surface area contributed by atoms with Crippen LogP contribution in [0.25, 0.3) is 0 Å². The summed E-state index contributed by atoms with van der Waals surface area (Å²) in [6.07, 6.45) is 0.557. The Morgan fingerprint density at radius 2 is 2.12 bits per heavy atom. The van der Waals surface area contributed by atoms with E-state index in [9.17, 15) is 4.79 Å². The summed E-state index contributed by atoms with van der Waals surface area (Å²) in [6.45, 7) is 1.87. The van der Waals surface area contributed by atoms with Gasteiger partial charge < -0.3 is 5.73 Å². The van der Waals surface area contributed by atoms with Crippen LogP contribution in [0.4, 0.5) is 0 Å². The lowest BCUT2D eigenvalue weighted by molar-refractivity contribution is 0.0999. The van der Waals surface area contributed by atoms with Crippen molar-refractivity contribution in [2.24, 2.45) is 5.73 Å². The summed E-state index contributed by atoms with van der Waals surface area (Å²) in [4.78, 5) is 11.2. The van der Waals surface area contributed by atoms with Crippen molar-refractivity contribution in [3.63, 3.8) is 0 Å². The van der Waals surface area contributed by atoms with Gasteiger partial charge in [0.1, 0.15) is 0 Å². The van der Waals surface area contributed by atoms with Crippen LogP contribution in [0.2, 0.25) is 0 Å². The molecule has 1 heterocycles. The van der Waals surface area contributed by atoms with E-state index < -0.39 is 5.91 Å². The highest BCUT2D eigenvalue weighted by molar-refractivity contribution is 5.94. The maximum Gasteiger partial charge on any atom is 0.248 e.